The van der Waals surface area contributed by atoms with Gasteiger partial charge in [-0.2, -0.15) is 5.10 Å². The Morgan fingerprint density at radius 3 is 2.50 bits per heavy atom. The zero-order valence-corrected chi connectivity index (χ0v) is 19.1. The Kier molecular flexibility index (Phi) is 6.49. The highest BCUT2D eigenvalue weighted by Crippen LogP contribution is 2.42. The fraction of sp³-hybridized carbons (Fsp3) is 0.269. The average Bonchev–Trinajstić information content (AvgIpc) is 3.44. The second kappa shape index (κ2) is 9.88. The van der Waals surface area contributed by atoms with E-state index in [0.717, 1.165) is 29.7 Å². The molecule has 0 saturated heterocycles. The van der Waals surface area contributed by atoms with E-state index < -0.39 is 12.3 Å². The van der Waals surface area contributed by atoms with Crippen molar-refractivity contribution >= 4 is 6.47 Å². The number of carbonyl (C=O) groups is 1. The van der Waals surface area contributed by atoms with Gasteiger partial charge in [0.2, 0.25) is 0 Å². The van der Waals surface area contributed by atoms with Gasteiger partial charge in [-0.1, -0.05) is 42.5 Å². The quantitative estimate of drug-likeness (QED) is 0.278. The van der Waals surface area contributed by atoms with Crippen LogP contribution in [-0.2, 0) is 16.1 Å². The highest BCUT2D eigenvalue weighted by atomic mass is 19.4. The minimum absolute atomic E-state index is 0.00649. The zero-order chi connectivity index (χ0) is 25.1. The van der Waals surface area contributed by atoms with Crippen molar-refractivity contribution in [3.05, 3.63) is 90.1 Å². The minimum Gasteiger partial charge on any atom is -0.467 e. The molecule has 1 atom stereocenters. The van der Waals surface area contributed by atoms with Gasteiger partial charge in [0.05, 0.1) is 36.4 Å². The number of nitrogens with zero attached hydrogens (tertiary/aromatic N) is 4. The van der Waals surface area contributed by atoms with Crippen LogP contribution in [-0.4, -0.2) is 38.8 Å². The molecule has 5 rings (SSSR count). The number of halogens is 3. The lowest BCUT2D eigenvalue weighted by atomic mass is 9.93. The molecule has 0 amide bonds. The number of carbonyl (C=O) groups excluding carboxylic acids is 1. The van der Waals surface area contributed by atoms with E-state index in [1.54, 1.807) is 24.7 Å². The zero-order valence-electron chi connectivity index (χ0n) is 19.1. The van der Waals surface area contributed by atoms with Crippen LogP contribution in [0.4, 0.5) is 13.2 Å². The number of rotatable bonds is 10. The van der Waals surface area contributed by atoms with Crippen molar-refractivity contribution in [3.63, 3.8) is 0 Å². The van der Waals surface area contributed by atoms with E-state index in [0.29, 0.717) is 24.3 Å². The van der Waals surface area contributed by atoms with E-state index in [9.17, 15) is 18.0 Å². The highest BCUT2D eigenvalue weighted by Gasteiger charge is 2.33. The molecule has 1 saturated carbocycles. The summed E-state index contributed by atoms with van der Waals surface area (Å²) in [5.41, 5.74) is 4.09. The first-order chi connectivity index (χ1) is 17.4. The summed E-state index contributed by atoms with van der Waals surface area (Å²) in [5.74, 6) is -0.773. The Balaban J connectivity index is 1.50. The number of ether oxygens (including phenoxy) is 2. The molecule has 0 spiro atoms. The molecule has 0 bridgehead atoms. The molecule has 4 aromatic rings. The number of benzene rings is 2. The fourth-order valence-electron chi connectivity index (χ4n) is 4.29. The molecule has 36 heavy (non-hydrogen) atoms. The monoisotopic (exact) mass is 496 g/mol. The van der Waals surface area contributed by atoms with Crippen LogP contribution in [0.3, 0.4) is 0 Å². The normalized spacial score (nSPS) is 14.4. The maximum absolute atomic E-state index is 12.6. The van der Waals surface area contributed by atoms with Gasteiger partial charge in [-0.05, 0) is 36.1 Å². The molecule has 0 N–H and O–H groups in total. The van der Waals surface area contributed by atoms with Gasteiger partial charge < -0.3 is 14.0 Å². The van der Waals surface area contributed by atoms with E-state index in [-0.39, 0.29) is 18.4 Å². The smallest absolute Gasteiger partial charge is 0.467 e. The third kappa shape index (κ3) is 5.42. The van der Waals surface area contributed by atoms with Crippen LogP contribution in [0.25, 0.3) is 11.3 Å². The Labute approximate surface area is 205 Å². The maximum atomic E-state index is 12.6. The van der Waals surface area contributed by atoms with E-state index in [1.165, 1.54) is 12.1 Å². The first-order valence-corrected chi connectivity index (χ1v) is 11.5. The largest absolute Gasteiger partial charge is 0.573 e. The molecule has 7 nitrogen and oxygen atoms in total. The van der Waals surface area contributed by atoms with Crippen LogP contribution >= 0.6 is 0 Å². The van der Waals surface area contributed by atoms with Gasteiger partial charge in [0, 0.05) is 17.8 Å². The standard InChI is InChI=1S/C26H23F3N4O3/c27-26(28,29)36-22-10-6-19(7-11-22)23(15-35-17-34)25-24(30-16-33(25)21-8-9-21)20-12-31-32(14-20)13-18-4-2-1-3-5-18/h1-7,10-12,14,16-17,21,23H,8-9,13,15H2. The van der Waals surface area contributed by atoms with Crippen molar-refractivity contribution in [1.82, 2.24) is 19.3 Å². The molecule has 0 aliphatic heterocycles. The number of alkyl halides is 3. The Hall–Kier alpha value is -4.08. The molecule has 186 valence electrons. The minimum atomic E-state index is -4.78. The molecule has 2 aromatic heterocycles. The van der Waals surface area contributed by atoms with E-state index in [1.807, 2.05) is 41.2 Å². The van der Waals surface area contributed by atoms with Gasteiger partial charge in [-0.3, -0.25) is 9.48 Å². The number of aromatic nitrogens is 4. The van der Waals surface area contributed by atoms with Crippen LogP contribution in [0.15, 0.2) is 73.3 Å². The molecule has 1 unspecified atom stereocenters. The van der Waals surface area contributed by atoms with E-state index in [2.05, 4.69) is 19.4 Å². The van der Waals surface area contributed by atoms with Gasteiger partial charge >= 0.3 is 6.36 Å². The number of hydrogen-bond donors (Lipinski definition) is 0. The summed E-state index contributed by atoms with van der Waals surface area (Å²) < 4.78 is 50.9. The van der Waals surface area contributed by atoms with Crippen LogP contribution in [0, 0.1) is 0 Å². The predicted octanol–water partition coefficient (Wildman–Crippen LogP) is 5.33. The summed E-state index contributed by atoms with van der Waals surface area (Å²) in [6, 6.07) is 15.8. The van der Waals surface area contributed by atoms with Crippen molar-refractivity contribution in [2.45, 2.75) is 37.7 Å². The van der Waals surface area contributed by atoms with Gasteiger partial charge in [-0.15, -0.1) is 13.2 Å². The maximum Gasteiger partial charge on any atom is 0.573 e. The summed E-state index contributed by atoms with van der Waals surface area (Å²) in [5, 5.41) is 4.50. The van der Waals surface area contributed by atoms with Crippen molar-refractivity contribution in [2.75, 3.05) is 6.61 Å². The first-order valence-electron chi connectivity index (χ1n) is 11.5. The highest BCUT2D eigenvalue weighted by molar-refractivity contribution is 5.62. The van der Waals surface area contributed by atoms with Crippen LogP contribution < -0.4 is 4.74 Å². The fourth-order valence-corrected chi connectivity index (χ4v) is 4.29. The topological polar surface area (TPSA) is 71.2 Å². The third-order valence-corrected chi connectivity index (χ3v) is 6.04. The lowest BCUT2D eigenvalue weighted by Crippen LogP contribution is -2.17. The summed E-state index contributed by atoms with van der Waals surface area (Å²) in [6.07, 6.45) is 2.63. The van der Waals surface area contributed by atoms with Crippen molar-refractivity contribution in [2.24, 2.45) is 0 Å². The van der Waals surface area contributed by atoms with E-state index >= 15 is 0 Å². The summed E-state index contributed by atoms with van der Waals surface area (Å²) in [4.78, 5) is 15.8. The van der Waals surface area contributed by atoms with Crippen LogP contribution in [0.2, 0.25) is 0 Å². The average molecular weight is 496 g/mol. The van der Waals surface area contributed by atoms with Gasteiger partial charge in [-0.25, -0.2) is 4.98 Å². The van der Waals surface area contributed by atoms with Gasteiger partial charge in [0.25, 0.3) is 6.47 Å². The van der Waals surface area contributed by atoms with Crippen molar-refractivity contribution in [1.29, 1.82) is 0 Å². The molecule has 1 fully saturated rings. The summed E-state index contributed by atoms with van der Waals surface area (Å²) in [6.45, 7) is 0.966. The lowest BCUT2D eigenvalue weighted by Gasteiger charge is -2.20. The molecule has 10 heteroatoms. The molecule has 1 aliphatic carbocycles. The second-order valence-electron chi connectivity index (χ2n) is 8.63. The van der Waals surface area contributed by atoms with Crippen molar-refractivity contribution < 1.29 is 27.4 Å². The van der Waals surface area contributed by atoms with Gasteiger partial charge in [0.1, 0.15) is 12.4 Å². The molecule has 1 aliphatic rings. The second-order valence-corrected chi connectivity index (χ2v) is 8.63. The Bertz CT molecular complexity index is 1310. The molecular formula is C26H23F3N4O3. The third-order valence-electron chi connectivity index (χ3n) is 6.04. The molecule has 2 heterocycles. The van der Waals surface area contributed by atoms with Gasteiger partial charge in [0.15, 0.2) is 0 Å². The van der Waals surface area contributed by atoms with Crippen LogP contribution in [0.5, 0.6) is 5.75 Å². The Morgan fingerprint density at radius 1 is 1.08 bits per heavy atom. The molecular weight excluding hydrogens is 473 g/mol. The summed E-state index contributed by atoms with van der Waals surface area (Å²) in [7, 11) is 0. The number of imidazole rings is 1. The van der Waals surface area contributed by atoms with Crippen molar-refractivity contribution in [3.8, 4) is 17.0 Å². The molecule has 0 radical (unpaired) electrons. The molecule has 2 aromatic carbocycles. The van der Waals surface area contributed by atoms with E-state index in [4.69, 9.17) is 4.74 Å². The first kappa shape index (κ1) is 23.7. The lowest BCUT2D eigenvalue weighted by molar-refractivity contribution is -0.274. The SMILES string of the molecule is O=COCC(c1ccc(OC(F)(F)F)cc1)c1c(-c2cnn(Cc3ccccc3)c2)ncn1C1CC1. The van der Waals surface area contributed by atoms with Crippen LogP contribution in [0.1, 0.15) is 41.6 Å². The Morgan fingerprint density at radius 2 is 1.83 bits per heavy atom. The summed E-state index contributed by atoms with van der Waals surface area (Å²) >= 11 is 0. The number of hydrogen-bond acceptors (Lipinski definition) is 5. The predicted molar refractivity (Wildman–Crippen MR) is 124 cm³/mol.